The first kappa shape index (κ1) is 26.3. The summed E-state index contributed by atoms with van der Waals surface area (Å²) in [5.74, 6) is -2.20. The first-order chi connectivity index (χ1) is 16.2. The van der Waals surface area contributed by atoms with Gasteiger partial charge in [-0.1, -0.05) is 24.3 Å². The maximum Gasteiger partial charge on any atom is 0.395 e. The number of halogens is 3. The van der Waals surface area contributed by atoms with Crippen molar-refractivity contribution in [2.24, 2.45) is 5.92 Å². The summed E-state index contributed by atoms with van der Waals surface area (Å²) in [6.07, 6.45) is -1.08. The maximum absolute atomic E-state index is 13.1. The van der Waals surface area contributed by atoms with Crippen LogP contribution in [0.2, 0.25) is 0 Å². The molecule has 1 heterocycles. The van der Waals surface area contributed by atoms with Gasteiger partial charge in [-0.2, -0.15) is 13.2 Å². The summed E-state index contributed by atoms with van der Waals surface area (Å²) in [7, 11) is 0. The zero-order chi connectivity index (χ0) is 26.1. The number of ether oxygens (including phenoxy) is 2. The second-order valence-corrected chi connectivity index (χ2v) is 9.14. The summed E-state index contributed by atoms with van der Waals surface area (Å²) in [4.78, 5) is 39.9. The smallest absolute Gasteiger partial charge is 0.395 e. The molecular formula is C25H29F3N2O5. The van der Waals surface area contributed by atoms with E-state index in [1.54, 1.807) is 46.8 Å². The standard InChI is InChI=1S/C25H29F3N2O5/c1-6-34-22(32)24(4,5)35-21-15(2)10-17(11-16(21)3)13-30-20(31)14-29(23(30)33)19-9-7-8-18(12-19)25(26,27)28/h7-11,18H,6,12-14H2,1-5H3. The zero-order valence-corrected chi connectivity index (χ0v) is 20.4. The number of carbonyl (C=O) groups excluding carboxylic acids is 3. The fraction of sp³-hybridized carbons (Fsp3) is 0.480. The molecule has 10 heteroatoms. The molecule has 1 unspecified atom stereocenters. The van der Waals surface area contributed by atoms with E-state index < -0.39 is 42.0 Å². The monoisotopic (exact) mass is 494 g/mol. The molecule has 0 spiro atoms. The lowest BCUT2D eigenvalue weighted by molar-refractivity contribution is -0.161. The minimum atomic E-state index is -4.43. The Balaban J connectivity index is 1.75. The molecule has 0 radical (unpaired) electrons. The van der Waals surface area contributed by atoms with Gasteiger partial charge in [0.1, 0.15) is 12.3 Å². The Morgan fingerprint density at radius 3 is 2.34 bits per heavy atom. The summed E-state index contributed by atoms with van der Waals surface area (Å²) in [5.41, 5.74) is 0.983. The number of allylic oxidation sites excluding steroid dienone is 4. The van der Waals surface area contributed by atoms with E-state index in [1.165, 1.54) is 12.2 Å². The van der Waals surface area contributed by atoms with Gasteiger partial charge in [-0.15, -0.1) is 0 Å². The van der Waals surface area contributed by atoms with Gasteiger partial charge >= 0.3 is 18.2 Å². The Labute approximate surface area is 202 Å². The predicted octanol–water partition coefficient (Wildman–Crippen LogP) is 4.81. The fourth-order valence-electron chi connectivity index (χ4n) is 4.08. The van der Waals surface area contributed by atoms with Crippen LogP contribution in [-0.2, 0) is 20.9 Å². The first-order valence-corrected chi connectivity index (χ1v) is 11.3. The summed E-state index contributed by atoms with van der Waals surface area (Å²) in [6, 6.07) is 2.83. The SMILES string of the molecule is CCOC(=O)C(C)(C)Oc1c(C)cc(CN2C(=O)CN(C3=CC=CC(C(F)(F)F)C3)C2=O)cc1C. The molecule has 1 aliphatic carbocycles. The van der Waals surface area contributed by atoms with E-state index in [0.717, 1.165) is 15.9 Å². The van der Waals surface area contributed by atoms with Crippen LogP contribution in [0.3, 0.4) is 0 Å². The quantitative estimate of drug-likeness (QED) is 0.402. The van der Waals surface area contributed by atoms with Gasteiger partial charge in [0.2, 0.25) is 0 Å². The second kappa shape index (κ2) is 9.75. The third-order valence-electron chi connectivity index (χ3n) is 5.87. The fourth-order valence-corrected chi connectivity index (χ4v) is 4.08. The molecular weight excluding hydrogens is 465 g/mol. The molecule has 1 fully saturated rings. The molecule has 1 saturated heterocycles. The molecule has 0 N–H and O–H groups in total. The minimum Gasteiger partial charge on any atom is -0.476 e. The van der Waals surface area contributed by atoms with E-state index in [-0.39, 0.29) is 25.4 Å². The van der Waals surface area contributed by atoms with Crippen LogP contribution >= 0.6 is 0 Å². The molecule has 1 aromatic carbocycles. The van der Waals surface area contributed by atoms with E-state index in [9.17, 15) is 27.6 Å². The van der Waals surface area contributed by atoms with Crippen LogP contribution in [0.25, 0.3) is 0 Å². The van der Waals surface area contributed by atoms with Crippen LogP contribution in [-0.4, -0.2) is 52.6 Å². The van der Waals surface area contributed by atoms with Crippen molar-refractivity contribution in [2.45, 2.75) is 59.4 Å². The van der Waals surface area contributed by atoms with E-state index in [4.69, 9.17) is 9.47 Å². The third-order valence-corrected chi connectivity index (χ3v) is 5.87. The topological polar surface area (TPSA) is 76.2 Å². The number of hydrogen-bond acceptors (Lipinski definition) is 5. The van der Waals surface area contributed by atoms with E-state index >= 15 is 0 Å². The van der Waals surface area contributed by atoms with Gasteiger partial charge in [0.05, 0.1) is 19.1 Å². The van der Waals surface area contributed by atoms with Crippen molar-refractivity contribution < 1.29 is 37.0 Å². The van der Waals surface area contributed by atoms with Gasteiger partial charge in [0.25, 0.3) is 5.91 Å². The van der Waals surface area contributed by atoms with Crippen molar-refractivity contribution in [3.05, 3.63) is 52.7 Å². The molecule has 1 aromatic rings. The highest BCUT2D eigenvalue weighted by Crippen LogP contribution is 2.36. The number of hydrogen-bond donors (Lipinski definition) is 0. The lowest BCUT2D eigenvalue weighted by atomic mass is 9.97. The van der Waals surface area contributed by atoms with E-state index in [2.05, 4.69) is 0 Å². The van der Waals surface area contributed by atoms with Gasteiger partial charge < -0.3 is 9.47 Å². The molecule has 1 atom stereocenters. The van der Waals surface area contributed by atoms with Crippen molar-refractivity contribution in [3.8, 4) is 5.75 Å². The molecule has 190 valence electrons. The highest BCUT2D eigenvalue weighted by Gasteiger charge is 2.43. The molecule has 35 heavy (non-hydrogen) atoms. The molecule has 7 nitrogen and oxygen atoms in total. The van der Waals surface area contributed by atoms with Crippen LogP contribution in [0.15, 0.2) is 36.1 Å². The predicted molar refractivity (Wildman–Crippen MR) is 121 cm³/mol. The van der Waals surface area contributed by atoms with Gasteiger partial charge in [0, 0.05) is 12.1 Å². The Hall–Kier alpha value is -3.30. The number of aryl methyl sites for hydroxylation is 2. The van der Waals surface area contributed by atoms with E-state index in [0.29, 0.717) is 22.4 Å². The number of carbonyl (C=O) groups is 3. The van der Waals surface area contributed by atoms with Gasteiger partial charge in [-0.25, -0.2) is 9.59 Å². The van der Waals surface area contributed by atoms with Crippen molar-refractivity contribution in [3.63, 3.8) is 0 Å². The lowest BCUT2D eigenvalue weighted by Crippen LogP contribution is -2.40. The molecule has 0 bridgehead atoms. The molecule has 0 aromatic heterocycles. The molecule has 3 amide bonds. The number of nitrogens with zero attached hydrogens (tertiary/aromatic N) is 2. The molecule has 3 rings (SSSR count). The minimum absolute atomic E-state index is 0.0385. The molecule has 0 saturated carbocycles. The largest absolute Gasteiger partial charge is 0.476 e. The number of rotatable bonds is 7. The normalized spacial score (nSPS) is 18.7. The van der Waals surface area contributed by atoms with E-state index in [1.807, 2.05) is 0 Å². The highest BCUT2D eigenvalue weighted by molar-refractivity contribution is 6.02. The average molecular weight is 495 g/mol. The summed E-state index contributed by atoms with van der Waals surface area (Å²) >= 11 is 0. The average Bonchev–Trinajstić information content (AvgIpc) is 3.04. The van der Waals surface area contributed by atoms with Crippen LogP contribution in [0, 0.1) is 19.8 Å². The Morgan fingerprint density at radius 2 is 1.77 bits per heavy atom. The third kappa shape index (κ3) is 5.68. The van der Waals surface area contributed by atoms with Crippen molar-refractivity contribution in [1.82, 2.24) is 9.80 Å². The number of esters is 1. The number of urea groups is 1. The van der Waals surface area contributed by atoms with Gasteiger partial charge in [0.15, 0.2) is 5.60 Å². The van der Waals surface area contributed by atoms with Crippen molar-refractivity contribution in [1.29, 1.82) is 0 Å². The van der Waals surface area contributed by atoms with Gasteiger partial charge in [-0.3, -0.25) is 14.6 Å². The highest BCUT2D eigenvalue weighted by atomic mass is 19.4. The summed E-state index contributed by atoms with van der Waals surface area (Å²) in [5, 5.41) is 0. The summed E-state index contributed by atoms with van der Waals surface area (Å²) in [6.45, 7) is 8.35. The Kier molecular flexibility index (Phi) is 7.33. The number of benzene rings is 1. The van der Waals surface area contributed by atoms with Crippen LogP contribution in [0.1, 0.15) is 43.9 Å². The Morgan fingerprint density at radius 1 is 1.14 bits per heavy atom. The van der Waals surface area contributed by atoms with Gasteiger partial charge in [-0.05, 0) is 57.4 Å². The summed E-state index contributed by atoms with van der Waals surface area (Å²) < 4.78 is 50.4. The van der Waals surface area contributed by atoms with Crippen molar-refractivity contribution in [2.75, 3.05) is 13.2 Å². The van der Waals surface area contributed by atoms with Crippen molar-refractivity contribution >= 4 is 17.9 Å². The van der Waals surface area contributed by atoms with Crippen LogP contribution in [0.5, 0.6) is 5.75 Å². The van der Waals surface area contributed by atoms with Crippen LogP contribution in [0.4, 0.5) is 18.0 Å². The Bertz CT molecular complexity index is 1070. The van der Waals surface area contributed by atoms with Crippen LogP contribution < -0.4 is 4.74 Å². The second-order valence-electron chi connectivity index (χ2n) is 9.14. The molecule has 2 aliphatic rings. The maximum atomic E-state index is 13.1. The number of amides is 3. The lowest BCUT2D eigenvalue weighted by Gasteiger charge is -2.27. The number of imide groups is 1. The number of alkyl halides is 3. The first-order valence-electron chi connectivity index (χ1n) is 11.3. The molecule has 1 aliphatic heterocycles. The zero-order valence-electron chi connectivity index (χ0n) is 20.4.